The van der Waals surface area contributed by atoms with E-state index in [4.69, 9.17) is 0 Å². The second kappa shape index (κ2) is 4.85. The molecular weight excluding hydrogens is 270 g/mol. The van der Waals surface area contributed by atoms with Gasteiger partial charge in [0.1, 0.15) is 0 Å². The first kappa shape index (κ1) is 12.8. The Hall–Kier alpha value is -2.87. The van der Waals surface area contributed by atoms with Gasteiger partial charge in [0.15, 0.2) is 5.78 Å². The van der Waals surface area contributed by atoms with E-state index in [1.54, 1.807) is 0 Å². The summed E-state index contributed by atoms with van der Waals surface area (Å²) in [5.74, 6) is 0.0774. The van der Waals surface area contributed by atoms with Gasteiger partial charge in [0, 0.05) is 35.3 Å². The van der Waals surface area contributed by atoms with Crippen LogP contribution in [0.25, 0.3) is 21.7 Å². The lowest BCUT2D eigenvalue weighted by Gasteiger charge is -2.05. The summed E-state index contributed by atoms with van der Waals surface area (Å²) < 4.78 is 2.01. The highest BCUT2D eigenvalue weighted by atomic mass is 16.1. The number of rotatable bonds is 2. The lowest BCUT2D eigenvalue weighted by Crippen LogP contribution is -2.01. The molecular formula is C20H15NO. The van der Waals surface area contributed by atoms with Crippen molar-refractivity contribution in [3.63, 3.8) is 0 Å². The fourth-order valence-electron chi connectivity index (χ4n) is 3.09. The highest BCUT2D eigenvalue weighted by Gasteiger charge is 2.17. The van der Waals surface area contributed by atoms with Gasteiger partial charge in [-0.05, 0) is 16.8 Å². The van der Waals surface area contributed by atoms with Gasteiger partial charge in [-0.3, -0.25) is 4.79 Å². The van der Waals surface area contributed by atoms with E-state index < -0.39 is 0 Å². The number of carbonyl (C=O) groups excluding carboxylic acids is 1. The van der Waals surface area contributed by atoms with Crippen LogP contribution < -0.4 is 0 Å². The summed E-state index contributed by atoms with van der Waals surface area (Å²) in [6, 6.07) is 21.9. The minimum atomic E-state index is 0.0774. The molecule has 0 amide bonds. The van der Waals surface area contributed by atoms with Crippen molar-refractivity contribution in [1.82, 2.24) is 4.57 Å². The zero-order chi connectivity index (χ0) is 15.1. The smallest absolute Gasteiger partial charge is 0.195 e. The molecule has 0 spiro atoms. The monoisotopic (exact) mass is 285 g/mol. The maximum absolute atomic E-state index is 13.1. The van der Waals surface area contributed by atoms with Crippen LogP contribution >= 0.6 is 0 Å². The number of nitrogens with zero attached hydrogens (tertiary/aromatic N) is 1. The fourth-order valence-corrected chi connectivity index (χ4v) is 3.09. The number of aryl methyl sites for hydroxylation is 1. The number of carbonyl (C=O) groups is 1. The van der Waals surface area contributed by atoms with Gasteiger partial charge < -0.3 is 4.57 Å². The third kappa shape index (κ3) is 1.85. The van der Waals surface area contributed by atoms with E-state index in [2.05, 4.69) is 0 Å². The zero-order valence-corrected chi connectivity index (χ0v) is 12.3. The highest BCUT2D eigenvalue weighted by Crippen LogP contribution is 2.26. The maximum Gasteiger partial charge on any atom is 0.195 e. The van der Waals surface area contributed by atoms with Crippen LogP contribution in [-0.4, -0.2) is 10.4 Å². The van der Waals surface area contributed by atoms with E-state index in [0.29, 0.717) is 0 Å². The topological polar surface area (TPSA) is 22.0 Å². The largest absolute Gasteiger partial charge is 0.350 e. The van der Waals surface area contributed by atoms with Crippen molar-refractivity contribution >= 4 is 27.5 Å². The minimum Gasteiger partial charge on any atom is -0.350 e. The molecule has 0 aliphatic carbocycles. The summed E-state index contributed by atoms with van der Waals surface area (Å²) >= 11 is 0. The first-order valence-corrected chi connectivity index (χ1v) is 7.32. The van der Waals surface area contributed by atoms with E-state index in [0.717, 1.165) is 32.8 Å². The Morgan fingerprint density at radius 1 is 0.773 bits per heavy atom. The predicted molar refractivity (Wildman–Crippen MR) is 90.3 cm³/mol. The molecule has 0 fully saturated rings. The Kier molecular flexibility index (Phi) is 2.83. The van der Waals surface area contributed by atoms with Crippen molar-refractivity contribution in [3.8, 4) is 0 Å². The lowest BCUT2D eigenvalue weighted by atomic mass is 9.97. The third-order valence-electron chi connectivity index (χ3n) is 4.18. The summed E-state index contributed by atoms with van der Waals surface area (Å²) in [6.45, 7) is 0. The van der Waals surface area contributed by atoms with E-state index in [1.807, 2.05) is 84.5 Å². The van der Waals surface area contributed by atoms with Crippen LogP contribution in [0.1, 0.15) is 15.9 Å². The Balaban J connectivity index is 1.97. The van der Waals surface area contributed by atoms with Crippen LogP contribution in [0, 0.1) is 0 Å². The summed E-state index contributed by atoms with van der Waals surface area (Å²) in [7, 11) is 1.97. The second-order valence-electron chi connectivity index (χ2n) is 5.53. The van der Waals surface area contributed by atoms with Crippen molar-refractivity contribution in [1.29, 1.82) is 0 Å². The van der Waals surface area contributed by atoms with Crippen molar-refractivity contribution in [2.45, 2.75) is 0 Å². The van der Waals surface area contributed by atoms with E-state index in [9.17, 15) is 4.79 Å². The van der Waals surface area contributed by atoms with Gasteiger partial charge in [0.05, 0.1) is 0 Å². The summed E-state index contributed by atoms with van der Waals surface area (Å²) in [4.78, 5) is 13.1. The molecule has 22 heavy (non-hydrogen) atoms. The second-order valence-corrected chi connectivity index (χ2v) is 5.53. The Morgan fingerprint density at radius 2 is 1.45 bits per heavy atom. The molecule has 0 radical (unpaired) electrons. The summed E-state index contributed by atoms with van der Waals surface area (Å²) in [5.41, 5.74) is 2.59. The van der Waals surface area contributed by atoms with Crippen LogP contribution in [0.2, 0.25) is 0 Å². The fraction of sp³-hybridized carbons (Fsp3) is 0.0500. The minimum absolute atomic E-state index is 0.0774. The number of hydrogen-bond donors (Lipinski definition) is 0. The quantitative estimate of drug-likeness (QED) is 0.495. The first-order valence-electron chi connectivity index (χ1n) is 7.32. The number of benzene rings is 3. The van der Waals surface area contributed by atoms with Crippen molar-refractivity contribution in [2.75, 3.05) is 0 Å². The van der Waals surface area contributed by atoms with Gasteiger partial charge >= 0.3 is 0 Å². The van der Waals surface area contributed by atoms with E-state index >= 15 is 0 Å². The highest BCUT2D eigenvalue weighted by molar-refractivity contribution is 6.21. The zero-order valence-electron chi connectivity index (χ0n) is 12.3. The first-order chi connectivity index (χ1) is 10.8. The van der Waals surface area contributed by atoms with E-state index in [-0.39, 0.29) is 5.78 Å². The van der Waals surface area contributed by atoms with Crippen LogP contribution in [0.4, 0.5) is 0 Å². The van der Waals surface area contributed by atoms with Gasteiger partial charge in [-0.1, -0.05) is 60.7 Å². The standard InChI is InChI=1S/C20H15NO/c1-21-13-18(16-10-4-5-12-19(16)21)20(22)17-11-6-8-14-7-2-3-9-15(14)17/h2-13H,1H3. The van der Waals surface area contributed by atoms with Gasteiger partial charge in [-0.2, -0.15) is 0 Å². The van der Waals surface area contributed by atoms with Crippen LogP contribution in [0.15, 0.2) is 72.9 Å². The molecule has 0 aliphatic rings. The normalized spacial score (nSPS) is 11.1. The predicted octanol–water partition coefficient (Wildman–Crippen LogP) is 4.56. The molecule has 1 aromatic heterocycles. The Bertz CT molecular complexity index is 1010. The van der Waals surface area contributed by atoms with Gasteiger partial charge in [0.25, 0.3) is 0 Å². The maximum atomic E-state index is 13.1. The molecule has 2 heteroatoms. The SMILES string of the molecule is Cn1cc(C(=O)c2cccc3ccccc23)c2ccccc21. The number of hydrogen-bond acceptors (Lipinski definition) is 1. The Morgan fingerprint density at radius 3 is 2.32 bits per heavy atom. The molecule has 0 unspecified atom stereocenters. The molecule has 2 nitrogen and oxygen atoms in total. The number of fused-ring (bicyclic) bond motifs is 2. The van der Waals surface area contributed by atoms with Crippen molar-refractivity contribution in [2.24, 2.45) is 7.05 Å². The van der Waals surface area contributed by atoms with Crippen molar-refractivity contribution in [3.05, 3.63) is 84.1 Å². The van der Waals surface area contributed by atoms with Gasteiger partial charge in [-0.25, -0.2) is 0 Å². The lowest BCUT2D eigenvalue weighted by molar-refractivity contribution is 0.104. The average molecular weight is 285 g/mol. The van der Waals surface area contributed by atoms with Crippen molar-refractivity contribution < 1.29 is 4.79 Å². The molecule has 0 saturated heterocycles. The van der Waals surface area contributed by atoms with Crippen LogP contribution in [0.3, 0.4) is 0 Å². The van der Waals surface area contributed by atoms with E-state index in [1.165, 1.54) is 0 Å². The van der Waals surface area contributed by atoms with Gasteiger partial charge in [-0.15, -0.1) is 0 Å². The number of aromatic nitrogens is 1. The molecule has 0 bridgehead atoms. The van der Waals surface area contributed by atoms with Crippen LogP contribution in [0.5, 0.6) is 0 Å². The van der Waals surface area contributed by atoms with Gasteiger partial charge in [0.2, 0.25) is 0 Å². The number of ketones is 1. The summed E-state index contributed by atoms with van der Waals surface area (Å²) in [5, 5.41) is 3.10. The van der Waals surface area contributed by atoms with Crippen LogP contribution in [-0.2, 0) is 7.05 Å². The third-order valence-corrected chi connectivity index (χ3v) is 4.18. The molecule has 3 aromatic carbocycles. The summed E-state index contributed by atoms with van der Waals surface area (Å²) in [6.07, 6.45) is 1.93. The Labute approximate surface area is 128 Å². The molecule has 0 N–H and O–H groups in total. The molecule has 4 aromatic rings. The average Bonchev–Trinajstić information content (AvgIpc) is 2.91. The molecule has 106 valence electrons. The molecule has 0 atom stereocenters. The number of para-hydroxylation sites is 1. The molecule has 0 saturated carbocycles. The molecule has 4 rings (SSSR count). The molecule has 1 heterocycles. The molecule has 0 aliphatic heterocycles.